The van der Waals surface area contributed by atoms with Crippen LogP contribution in [-0.2, 0) is 23.1 Å². The lowest BCUT2D eigenvalue weighted by atomic mass is 10.1. The molecule has 0 radical (unpaired) electrons. The molecule has 0 saturated carbocycles. The Bertz CT molecular complexity index is 667. The van der Waals surface area contributed by atoms with Gasteiger partial charge in [0.1, 0.15) is 0 Å². The van der Waals surface area contributed by atoms with Gasteiger partial charge < -0.3 is 5.11 Å². The van der Waals surface area contributed by atoms with Gasteiger partial charge in [0.2, 0.25) is 10.0 Å². The Labute approximate surface area is 122 Å². The molecule has 1 aromatic carbocycles. The number of nitrogens with zero attached hydrogens (tertiary/aromatic N) is 1. The Morgan fingerprint density at radius 2 is 2.20 bits per heavy atom. The van der Waals surface area contributed by atoms with Gasteiger partial charge in [0.05, 0.1) is 16.5 Å². The highest BCUT2D eigenvalue weighted by molar-refractivity contribution is 7.89. The van der Waals surface area contributed by atoms with Gasteiger partial charge in [0, 0.05) is 24.5 Å². The summed E-state index contributed by atoms with van der Waals surface area (Å²) in [7, 11) is -3.55. The smallest absolute Gasteiger partial charge is 0.240 e. The van der Waals surface area contributed by atoms with E-state index < -0.39 is 10.0 Å². The first-order chi connectivity index (χ1) is 9.53. The minimum Gasteiger partial charge on any atom is -0.392 e. The van der Waals surface area contributed by atoms with Crippen molar-refractivity contribution >= 4 is 21.4 Å². The van der Waals surface area contributed by atoms with Gasteiger partial charge >= 0.3 is 0 Å². The van der Waals surface area contributed by atoms with E-state index in [2.05, 4.69) is 9.71 Å². The standard InChI is InChI=1S/C13H16N2O3S2/c1-10-2-3-12(8-11(10)9-16)20(17,18)15-5-4-13-14-6-7-19-13/h2-3,6-8,15-16H,4-5,9H2,1H3. The first kappa shape index (κ1) is 15.1. The van der Waals surface area contributed by atoms with Crippen molar-refractivity contribution in [3.8, 4) is 0 Å². The van der Waals surface area contributed by atoms with Crippen LogP contribution in [0.5, 0.6) is 0 Å². The van der Waals surface area contributed by atoms with E-state index >= 15 is 0 Å². The number of hydrogen-bond acceptors (Lipinski definition) is 5. The monoisotopic (exact) mass is 312 g/mol. The van der Waals surface area contributed by atoms with Crippen LogP contribution in [0.2, 0.25) is 0 Å². The van der Waals surface area contributed by atoms with Gasteiger partial charge in [-0.15, -0.1) is 11.3 Å². The Morgan fingerprint density at radius 3 is 2.85 bits per heavy atom. The van der Waals surface area contributed by atoms with Gasteiger partial charge in [-0.25, -0.2) is 18.1 Å². The van der Waals surface area contributed by atoms with E-state index in [9.17, 15) is 13.5 Å². The van der Waals surface area contributed by atoms with Crippen LogP contribution in [0.25, 0.3) is 0 Å². The minimum atomic E-state index is -3.55. The lowest BCUT2D eigenvalue weighted by Crippen LogP contribution is -2.26. The maximum atomic E-state index is 12.1. The second-order valence-corrected chi connectivity index (χ2v) is 7.07. The first-order valence-corrected chi connectivity index (χ1v) is 8.47. The van der Waals surface area contributed by atoms with E-state index in [-0.39, 0.29) is 11.5 Å². The molecular formula is C13H16N2O3S2. The molecule has 0 aliphatic heterocycles. The summed E-state index contributed by atoms with van der Waals surface area (Å²) in [4.78, 5) is 4.27. The molecule has 1 heterocycles. The van der Waals surface area contributed by atoms with E-state index in [1.54, 1.807) is 18.3 Å². The molecule has 2 rings (SSSR count). The fourth-order valence-electron chi connectivity index (χ4n) is 1.74. The molecule has 0 bridgehead atoms. The fourth-order valence-corrected chi connectivity index (χ4v) is 3.44. The highest BCUT2D eigenvalue weighted by atomic mass is 32.2. The fraction of sp³-hybridized carbons (Fsp3) is 0.308. The number of aliphatic hydroxyl groups is 1. The summed E-state index contributed by atoms with van der Waals surface area (Å²) in [6, 6.07) is 4.74. The molecule has 0 unspecified atom stereocenters. The molecule has 0 fully saturated rings. The second-order valence-electron chi connectivity index (χ2n) is 4.32. The Balaban J connectivity index is 2.06. The van der Waals surface area contributed by atoms with Crippen molar-refractivity contribution in [2.24, 2.45) is 0 Å². The van der Waals surface area contributed by atoms with Crippen LogP contribution in [-0.4, -0.2) is 25.1 Å². The largest absolute Gasteiger partial charge is 0.392 e. The maximum absolute atomic E-state index is 12.1. The molecule has 108 valence electrons. The molecule has 0 atom stereocenters. The first-order valence-electron chi connectivity index (χ1n) is 6.11. The number of sulfonamides is 1. The van der Waals surface area contributed by atoms with Gasteiger partial charge in [-0.3, -0.25) is 0 Å². The lowest BCUT2D eigenvalue weighted by molar-refractivity contribution is 0.280. The minimum absolute atomic E-state index is 0.172. The summed E-state index contributed by atoms with van der Waals surface area (Å²) in [6.45, 7) is 1.96. The molecule has 0 spiro atoms. The molecule has 0 amide bonds. The van der Waals surface area contributed by atoms with Crippen LogP contribution in [0.3, 0.4) is 0 Å². The van der Waals surface area contributed by atoms with Crippen molar-refractivity contribution in [3.63, 3.8) is 0 Å². The van der Waals surface area contributed by atoms with Crippen LogP contribution < -0.4 is 4.72 Å². The van der Waals surface area contributed by atoms with E-state index in [4.69, 9.17) is 0 Å². The summed E-state index contributed by atoms with van der Waals surface area (Å²) < 4.78 is 26.8. The third-order valence-corrected chi connectivity index (χ3v) is 5.21. The average Bonchev–Trinajstić information content (AvgIpc) is 2.92. The van der Waals surface area contributed by atoms with Crippen molar-refractivity contribution < 1.29 is 13.5 Å². The zero-order valence-corrected chi connectivity index (χ0v) is 12.7. The van der Waals surface area contributed by atoms with Gasteiger partial charge in [-0.05, 0) is 30.2 Å². The van der Waals surface area contributed by atoms with Crippen molar-refractivity contribution in [2.75, 3.05) is 6.54 Å². The molecule has 7 heteroatoms. The predicted molar refractivity (Wildman–Crippen MR) is 78.1 cm³/mol. The molecule has 2 N–H and O–H groups in total. The Morgan fingerprint density at radius 1 is 1.40 bits per heavy atom. The molecule has 0 aliphatic carbocycles. The van der Waals surface area contributed by atoms with Crippen molar-refractivity contribution in [1.29, 1.82) is 0 Å². The highest BCUT2D eigenvalue weighted by Gasteiger charge is 2.14. The summed E-state index contributed by atoms with van der Waals surface area (Å²) in [5, 5.41) is 11.9. The summed E-state index contributed by atoms with van der Waals surface area (Å²) in [6.07, 6.45) is 2.26. The molecule has 2 aromatic rings. The Kier molecular flexibility index (Phi) is 4.87. The van der Waals surface area contributed by atoms with Gasteiger partial charge in [-0.1, -0.05) is 6.07 Å². The van der Waals surface area contributed by atoms with E-state index in [1.807, 2.05) is 12.3 Å². The number of rotatable bonds is 6. The van der Waals surface area contributed by atoms with Crippen LogP contribution in [0.1, 0.15) is 16.1 Å². The van der Waals surface area contributed by atoms with Gasteiger partial charge in [0.25, 0.3) is 0 Å². The summed E-state index contributed by atoms with van der Waals surface area (Å²) in [5.74, 6) is 0. The van der Waals surface area contributed by atoms with Gasteiger partial charge in [-0.2, -0.15) is 0 Å². The van der Waals surface area contributed by atoms with Crippen LogP contribution in [0.4, 0.5) is 0 Å². The Hall–Kier alpha value is -1.28. The molecule has 5 nitrogen and oxygen atoms in total. The van der Waals surface area contributed by atoms with E-state index in [0.717, 1.165) is 10.6 Å². The third-order valence-electron chi connectivity index (χ3n) is 2.92. The zero-order valence-electron chi connectivity index (χ0n) is 11.0. The number of aromatic nitrogens is 1. The quantitative estimate of drug-likeness (QED) is 0.846. The highest BCUT2D eigenvalue weighted by Crippen LogP contribution is 2.15. The van der Waals surface area contributed by atoms with Crippen molar-refractivity contribution in [3.05, 3.63) is 45.9 Å². The van der Waals surface area contributed by atoms with Crippen molar-refractivity contribution in [2.45, 2.75) is 24.8 Å². The predicted octanol–water partition coefficient (Wildman–Crippen LogP) is 1.46. The maximum Gasteiger partial charge on any atom is 0.240 e. The number of aryl methyl sites for hydroxylation is 1. The third kappa shape index (κ3) is 3.63. The number of thiazole rings is 1. The molecule has 1 aromatic heterocycles. The van der Waals surface area contributed by atoms with E-state index in [0.29, 0.717) is 18.5 Å². The average molecular weight is 312 g/mol. The lowest BCUT2D eigenvalue weighted by Gasteiger charge is -2.09. The number of aliphatic hydroxyl groups excluding tert-OH is 1. The molecule has 0 aliphatic rings. The van der Waals surface area contributed by atoms with Crippen LogP contribution in [0, 0.1) is 6.92 Å². The second kappa shape index (κ2) is 6.45. The van der Waals surface area contributed by atoms with Gasteiger partial charge in [0.15, 0.2) is 0 Å². The zero-order chi connectivity index (χ0) is 14.6. The topological polar surface area (TPSA) is 79.3 Å². The molecule has 20 heavy (non-hydrogen) atoms. The van der Waals surface area contributed by atoms with E-state index in [1.165, 1.54) is 17.4 Å². The number of nitrogens with one attached hydrogen (secondary N) is 1. The SMILES string of the molecule is Cc1ccc(S(=O)(=O)NCCc2nccs2)cc1CO. The van der Waals surface area contributed by atoms with Crippen LogP contribution >= 0.6 is 11.3 Å². The molecular weight excluding hydrogens is 296 g/mol. The summed E-state index contributed by atoms with van der Waals surface area (Å²) >= 11 is 1.50. The summed E-state index contributed by atoms with van der Waals surface area (Å²) in [5.41, 5.74) is 1.49. The van der Waals surface area contributed by atoms with Crippen molar-refractivity contribution in [1.82, 2.24) is 9.71 Å². The normalized spacial score (nSPS) is 11.7. The molecule has 0 saturated heterocycles. The number of hydrogen-bond donors (Lipinski definition) is 2. The number of benzene rings is 1. The van der Waals surface area contributed by atoms with Crippen LogP contribution in [0.15, 0.2) is 34.7 Å².